The topological polar surface area (TPSA) is 67.6 Å². The van der Waals surface area contributed by atoms with Gasteiger partial charge in [-0.1, -0.05) is 25.5 Å². The Morgan fingerprint density at radius 1 is 0.958 bits per heavy atom. The van der Waals surface area contributed by atoms with E-state index in [4.69, 9.17) is 4.42 Å². The summed E-state index contributed by atoms with van der Waals surface area (Å²) >= 11 is 0. The predicted octanol–water partition coefficient (Wildman–Crippen LogP) is 4.62. The van der Waals surface area contributed by atoms with Gasteiger partial charge < -0.3 is 9.40 Å². The van der Waals surface area contributed by atoms with Crippen molar-refractivity contribution in [2.45, 2.75) is 26.2 Å². The highest BCUT2D eigenvalue weighted by atomic mass is 16.4. The molecule has 5 nitrogen and oxygen atoms in total. The largest absolute Gasteiger partial charge is 0.416 e. The standard InChI is InChI=1S/C19H18N4O/c1-2-3-4-13-5-7-14(8-6-13)18-22-23-19(24-18)15-9-10-16-17(11-15)21-12-20-16/h5-12H,2-4H2,1H3,(H,20,21). The van der Waals surface area contributed by atoms with E-state index in [-0.39, 0.29) is 0 Å². The molecule has 0 radical (unpaired) electrons. The molecule has 0 bridgehead atoms. The molecule has 0 spiro atoms. The van der Waals surface area contributed by atoms with Crippen LogP contribution in [0.4, 0.5) is 0 Å². The molecule has 0 unspecified atom stereocenters. The molecular formula is C19H18N4O. The number of hydrogen-bond donors (Lipinski definition) is 1. The summed E-state index contributed by atoms with van der Waals surface area (Å²) in [7, 11) is 0. The van der Waals surface area contributed by atoms with Gasteiger partial charge in [-0.3, -0.25) is 0 Å². The SMILES string of the molecule is CCCCc1ccc(-c2nnc(-c3ccc4nc[nH]c4c3)o2)cc1. The Bertz CT molecular complexity index is 953. The van der Waals surface area contributed by atoms with Crippen molar-refractivity contribution < 1.29 is 4.42 Å². The van der Waals surface area contributed by atoms with Crippen molar-refractivity contribution in [2.75, 3.05) is 0 Å². The number of hydrogen-bond acceptors (Lipinski definition) is 4. The van der Waals surface area contributed by atoms with Gasteiger partial charge in [-0.15, -0.1) is 10.2 Å². The second-order valence-electron chi connectivity index (χ2n) is 5.85. The molecule has 0 aliphatic carbocycles. The average Bonchev–Trinajstić information content (AvgIpc) is 3.29. The van der Waals surface area contributed by atoms with Gasteiger partial charge in [-0.2, -0.15) is 0 Å². The first-order chi connectivity index (χ1) is 11.8. The molecule has 2 aromatic heterocycles. The fourth-order valence-corrected chi connectivity index (χ4v) is 2.72. The van der Waals surface area contributed by atoms with E-state index >= 15 is 0 Å². The van der Waals surface area contributed by atoms with Crippen molar-refractivity contribution in [3.63, 3.8) is 0 Å². The van der Waals surface area contributed by atoms with Crippen LogP contribution >= 0.6 is 0 Å². The van der Waals surface area contributed by atoms with Crippen LogP contribution < -0.4 is 0 Å². The molecule has 24 heavy (non-hydrogen) atoms. The molecule has 4 aromatic rings. The summed E-state index contributed by atoms with van der Waals surface area (Å²) in [6.45, 7) is 2.20. The van der Waals surface area contributed by atoms with Crippen molar-refractivity contribution in [1.29, 1.82) is 0 Å². The minimum atomic E-state index is 0.511. The Balaban J connectivity index is 1.59. The second kappa shape index (κ2) is 6.28. The zero-order valence-electron chi connectivity index (χ0n) is 13.5. The molecular weight excluding hydrogens is 300 g/mol. The molecule has 0 aliphatic heterocycles. The van der Waals surface area contributed by atoms with E-state index in [1.807, 2.05) is 30.3 Å². The zero-order valence-corrected chi connectivity index (χ0v) is 13.5. The number of benzene rings is 2. The molecule has 0 aliphatic rings. The van der Waals surface area contributed by atoms with Crippen LogP contribution in [0.15, 0.2) is 53.2 Å². The lowest BCUT2D eigenvalue weighted by Crippen LogP contribution is -1.85. The van der Waals surface area contributed by atoms with E-state index in [2.05, 4.69) is 39.2 Å². The number of fused-ring (bicyclic) bond motifs is 1. The van der Waals surface area contributed by atoms with E-state index in [1.54, 1.807) is 6.33 Å². The molecule has 0 saturated carbocycles. The number of H-pyrrole nitrogens is 1. The van der Waals surface area contributed by atoms with Crippen molar-refractivity contribution in [1.82, 2.24) is 20.2 Å². The fraction of sp³-hybridized carbons (Fsp3) is 0.211. The van der Waals surface area contributed by atoms with E-state index in [9.17, 15) is 0 Å². The van der Waals surface area contributed by atoms with E-state index < -0.39 is 0 Å². The molecule has 2 aromatic carbocycles. The Kier molecular flexibility index (Phi) is 3.83. The monoisotopic (exact) mass is 318 g/mol. The number of nitrogens with one attached hydrogen (secondary N) is 1. The summed E-state index contributed by atoms with van der Waals surface area (Å²) in [4.78, 5) is 7.30. The first-order valence-electron chi connectivity index (χ1n) is 8.20. The van der Waals surface area contributed by atoms with Gasteiger partial charge in [-0.05, 0) is 48.7 Å². The van der Waals surface area contributed by atoms with E-state index in [0.29, 0.717) is 11.8 Å². The minimum absolute atomic E-state index is 0.511. The lowest BCUT2D eigenvalue weighted by atomic mass is 10.1. The summed E-state index contributed by atoms with van der Waals surface area (Å²) in [6, 6.07) is 14.2. The summed E-state index contributed by atoms with van der Waals surface area (Å²) in [5.74, 6) is 1.05. The Morgan fingerprint density at radius 3 is 2.50 bits per heavy atom. The number of rotatable bonds is 5. The number of aromatic amines is 1. The van der Waals surface area contributed by atoms with Crippen LogP contribution in [0, 0.1) is 0 Å². The number of unbranched alkanes of at least 4 members (excludes halogenated alkanes) is 1. The Morgan fingerprint density at radius 2 is 1.71 bits per heavy atom. The summed E-state index contributed by atoms with van der Waals surface area (Å²) in [5.41, 5.74) is 5.03. The van der Waals surface area contributed by atoms with Gasteiger partial charge in [-0.25, -0.2) is 4.98 Å². The van der Waals surface area contributed by atoms with Gasteiger partial charge in [0, 0.05) is 11.1 Å². The zero-order chi connectivity index (χ0) is 16.4. The minimum Gasteiger partial charge on any atom is -0.416 e. The summed E-state index contributed by atoms with van der Waals surface area (Å²) in [5, 5.41) is 8.35. The lowest BCUT2D eigenvalue weighted by molar-refractivity contribution is 0.584. The normalized spacial score (nSPS) is 11.2. The molecule has 0 fully saturated rings. The molecule has 120 valence electrons. The van der Waals surface area contributed by atoms with Crippen molar-refractivity contribution >= 4 is 11.0 Å². The van der Waals surface area contributed by atoms with Crippen LogP contribution in [0.3, 0.4) is 0 Å². The third kappa shape index (κ3) is 2.80. The smallest absolute Gasteiger partial charge is 0.248 e. The maximum atomic E-state index is 5.85. The molecule has 0 atom stereocenters. The molecule has 4 rings (SSSR count). The average molecular weight is 318 g/mol. The molecule has 2 heterocycles. The van der Waals surface area contributed by atoms with Crippen LogP contribution in [0.5, 0.6) is 0 Å². The van der Waals surface area contributed by atoms with Crippen LogP contribution in [-0.2, 0) is 6.42 Å². The van der Waals surface area contributed by atoms with Crippen LogP contribution in [-0.4, -0.2) is 20.2 Å². The van der Waals surface area contributed by atoms with Crippen molar-refractivity contribution in [3.8, 4) is 22.9 Å². The predicted molar refractivity (Wildman–Crippen MR) is 93.4 cm³/mol. The van der Waals surface area contributed by atoms with Gasteiger partial charge in [0.2, 0.25) is 11.8 Å². The van der Waals surface area contributed by atoms with E-state index in [1.165, 1.54) is 18.4 Å². The third-order valence-electron chi connectivity index (χ3n) is 4.11. The van der Waals surface area contributed by atoms with Gasteiger partial charge in [0.05, 0.1) is 17.4 Å². The van der Waals surface area contributed by atoms with Gasteiger partial charge >= 0.3 is 0 Å². The van der Waals surface area contributed by atoms with Crippen LogP contribution in [0.2, 0.25) is 0 Å². The van der Waals surface area contributed by atoms with Crippen molar-refractivity contribution in [2.24, 2.45) is 0 Å². The lowest BCUT2D eigenvalue weighted by Gasteiger charge is -2.00. The van der Waals surface area contributed by atoms with Crippen molar-refractivity contribution in [3.05, 3.63) is 54.4 Å². The molecule has 1 N–H and O–H groups in total. The van der Waals surface area contributed by atoms with Crippen LogP contribution in [0.25, 0.3) is 33.9 Å². The Labute approximate surface area is 139 Å². The number of aryl methyl sites for hydroxylation is 1. The number of nitrogens with zero attached hydrogens (tertiary/aromatic N) is 3. The Hall–Kier alpha value is -2.95. The first-order valence-corrected chi connectivity index (χ1v) is 8.20. The maximum Gasteiger partial charge on any atom is 0.248 e. The highest BCUT2D eigenvalue weighted by Gasteiger charge is 2.11. The highest BCUT2D eigenvalue weighted by Crippen LogP contribution is 2.26. The first kappa shape index (κ1) is 14.6. The van der Waals surface area contributed by atoms with E-state index in [0.717, 1.165) is 28.6 Å². The third-order valence-corrected chi connectivity index (χ3v) is 4.11. The van der Waals surface area contributed by atoms with Gasteiger partial charge in [0.25, 0.3) is 0 Å². The second-order valence-corrected chi connectivity index (χ2v) is 5.85. The highest BCUT2D eigenvalue weighted by molar-refractivity contribution is 5.79. The molecule has 5 heteroatoms. The summed E-state index contributed by atoms with van der Waals surface area (Å²) in [6.07, 6.45) is 5.19. The fourth-order valence-electron chi connectivity index (χ4n) is 2.72. The quantitative estimate of drug-likeness (QED) is 0.583. The van der Waals surface area contributed by atoms with Gasteiger partial charge in [0.1, 0.15) is 0 Å². The van der Waals surface area contributed by atoms with Crippen LogP contribution in [0.1, 0.15) is 25.3 Å². The maximum absolute atomic E-state index is 5.85. The molecule has 0 saturated heterocycles. The number of imidazole rings is 1. The van der Waals surface area contributed by atoms with Gasteiger partial charge in [0.15, 0.2) is 0 Å². The molecule has 0 amide bonds. The number of aromatic nitrogens is 4. The summed E-state index contributed by atoms with van der Waals surface area (Å²) < 4.78 is 5.85.